The predicted molar refractivity (Wildman–Crippen MR) is 79.8 cm³/mol. The Labute approximate surface area is 125 Å². The van der Waals surface area contributed by atoms with Crippen molar-refractivity contribution in [1.29, 1.82) is 0 Å². The monoisotopic (exact) mass is 302 g/mol. The summed E-state index contributed by atoms with van der Waals surface area (Å²) in [6, 6.07) is 5.71. The van der Waals surface area contributed by atoms with Crippen molar-refractivity contribution in [1.82, 2.24) is 4.98 Å². The molecule has 7 nitrogen and oxygen atoms in total. The van der Waals surface area contributed by atoms with Gasteiger partial charge in [-0.1, -0.05) is 12.1 Å². The minimum atomic E-state index is -0.726. The molecule has 0 aliphatic rings. The van der Waals surface area contributed by atoms with Gasteiger partial charge >= 0.3 is 5.97 Å². The molecule has 22 heavy (non-hydrogen) atoms. The second-order valence-electron chi connectivity index (χ2n) is 4.56. The third-order valence-electron chi connectivity index (χ3n) is 3.12. The maximum absolute atomic E-state index is 12.5. The summed E-state index contributed by atoms with van der Waals surface area (Å²) in [6.07, 6.45) is 1.29. The number of aromatic nitrogens is 1. The molecule has 0 spiro atoms. The largest absolute Gasteiger partial charge is 0.462 e. The Kier molecular flexibility index (Phi) is 4.36. The number of aromatic amines is 1. The number of pyridine rings is 1. The third-order valence-corrected chi connectivity index (χ3v) is 3.12. The van der Waals surface area contributed by atoms with Gasteiger partial charge in [-0.2, -0.15) is 0 Å². The van der Waals surface area contributed by atoms with E-state index in [1.54, 1.807) is 19.9 Å². The highest BCUT2D eigenvalue weighted by Gasteiger charge is 2.18. The number of nitrogens with zero attached hydrogens (tertiary/aromatic N) is 1. The number of rotatable bonds is 4. The number of hydrogen-bond donors (Lipinski definition) is 1. The van der Waals surface area contributed by atoms with Gasteiger partial charge in [0, 0.05) is 29.6 Å². The maximum Gasteiger partial charge on any atom is 0.343 e. The summed E-state index contributed by atoms with van der Waals surface area (Å²) >= 11 is 0. The van der Waals surface area contributed by atoms with E-state index in [1.807, 2.05) is 0 Å². The number of non-ortho nitro benzene ring substituents is 1. The molecule has 0 atom stereocenters. The topological polar surface area (TPSA) is 102 Å². The highest BCUT2D eigenvalue weighted by molar-refractivity contribution is 5.90. The van der Waals surface area contributed by atoms with Crippen molar-refractivity contribution in [2.75, 3.05) is 6.61 Å². The minimum Gasteiger partial charge on any atom is -0.462 e. The number of benzene rings is 1. The van der Waals surface area contributed by atoms with Gasteiger partial charge in [0.15, 0.2) is 0 Å². The highest BCUT2D eigenvalue weighted by atomic mass is 16.6. The van der Waals surface area contributed by atoms with Crippen LogP contribution in [0, 0.1) is 17.0 Å². The van der Waals surface area contributed by atoms with Crippen LogP contribution in [-0.2, 0) is 4.74 Å². The van der Waals surface area contributed by atoms with Gasteiger partial charge in [0.2, 0.25) is 5.43 Å². The zero-order valence-corrected chi connectivity index (χ0v) is 12.1. The Morgan fingerprint density at radius 3 is 2.77 bits per heavy atom. The standard InChI is InChI=1S/C15H14N2O5/c1-3-22-15(19)12-8-16-9(2)13(14(12)18)10-5-4-6-11(7-10)17(20)21/h4-8H,3H2,1-2H3,(H,16,18). The van der Waals surface area contributed by atoms with Crippen molar-refractivity contribution in [2.24, 2.45) is 0 Å². The van der Waals surface area contributed by atoms with Crippen molar-refractivity contribution in [2.45, 2.75) is 13.8 Å². The Balaban J connectivity index is 2.63. The van der Waals surface area contributed by atoms with Crippen molar-refractivity contribution < 1.29 is 14.5 Å². The van der Waals surface area contributed by atoms with Gasteiger partial charge in [-0.05, 0) is 19.4 Å². The molecule has 1 heterocycles. The molecule has 0 bridgehead atoms. The van der Waals surface area contributed by atoms with Gasteiger partial charge in [0.1, 0.15) is 5.56 Å². The average molecular weight is 302 g/mol. The average Bonchev–Trinajstić information content (AvgIpc) is 2.47. The first-order valence-electron chi connectivity index (χ1n) is 6.60. The molecule has 114 valence electrons. The van der Waals surface area contributed by atoms with Crippen LogP contribution in [0.1, 0.15) is 23.0 Å². The lowest BCUT2D eigenvalue weighted by atomic mass is 10.0. The van der Waals surface area contributed by atoms with E-state index in [4.69, 9.17) is 4.74 Å². The number of hydrogen-bond acceptors (Lipinski definition) is 5. The lowest BCUT2D eigenvalue weighted by Crippen LogP contribution is -2.20. The molecule has 0 unspecified atom stereocenters. The summed E-state index contributed by atoms with van der Waals surface area (Å²) in [7, 11) is 0. The number of nitrogens with one attached hydrogen (secondary N) is 1. The fourth-order valence-corrected chi connectivity index (χ4v) is 2.11. The van der Waals surface area contributed by atoms with Gasteiger partial charge in [-0.3, -0.25) is 14.9 Å². The van der Waals surface area contributed by atoms with Crippen molar-refractivity contribution in [3.05, 3.63) is 62.1 Å². The van der Waals surface area contributed by atoms with Gasteiger partial charge in [0.05, 0.1) is 11.5 Å². The maximum atomic E-state index is 12.5. The zero-order chi connectivity index (χ0) is 16.3. The zero-order valence-electron chi connectivity index (χ0n) is 12.1. The van der Waals surface area contributed by atoms with E-state index in [2.05, 4.69) is 4.98 Å². The van der Waals surface area contributed by atoms with Crippen molar-refractivity contribution in [3.8, 4) is 11.1 Å². The molecule has 2 aromatic rings. The Bertz CT molecular complexity index is 795. The molecule has 0 aliphatic carbocycles. The van der Waals surface area contributed by atoms with Crippen LogP contribution in [0.3, 0.4) is 0 Å². The number of aryl methyl sites for hydroxylation is 1. The smallest absolute Gasteiger partial charge is 0.343 e. The molecule has 2 rings (SSSR count). The van der Waals surface area contributed by atoms with Crippen molar-refractivity contribution in [3.63, 3.8) is 0 Å². The second-order valence-corrected chi connectivity index (χ2v) is 4.56. The van der Waals surface area contributed by atoms with Crippen LogP contribution in [0.25, 0.3) is 11.1 Å². The van der Waals surface area contributed by atoms with Gasteiger partial charge < -0.3 is 9.72 Å². The molecule has 1 aromatic carbocycles. The molecule has 0 radical (unpaired) electrons. The summed E-state index contributed by atoms with van der Waals surface area (Å²) < 4.78 is 4.83. The first kappa shape index (κ1) is 15.4. The van der Waals surface area contributed by atoms with E-state index in [-0.39, 0.29) is 23.4 Å². The molecular weight excluding hydrogens is 288 g/mol. The van der Waals surface area contributed by atoms with Crippen LogP contribution in [-0.4, -0.2) is 22.5 Å². The van der Waals surface area contributed by atoms with E-state index in [0.29, 0.717) is 11.3 Å². The molecule has 0 saturated carbocycles. The van der Waals surface area contributed by atoms with Crippen LogP contribution in [0.5, 0.6) is 0 Å². The van der Waals surface area contributed by atoms with Gasteiger partial charge in [-0.25, -0.2) is 4.79 Å². The molecule has 1 aromatic heterocycles. The van der Waals surface area contributed by atoms with Crippen LogP contribution in [0.15, 0.2) is 35.3 Å². The third kappa shape index (κ3) is 2.88. The number of esters is 1. The number of carbonyl (C=O) groups is 1. The Hall–Kier alpha value is -2.96. The first-order chi connectivity index (χ1) is 10.5. The summed E-state index contributed by atoms with van der Waals surface area (Å²) in [5.41, 5.74) is 0.328. The van der Waals surface area contributed by atoms with Crippen LogP contribution in [0.4, 0.5) is 5.69 Å². The van der Waals surface area contributed by atoms with Gasteiger partial charge in [0.25, 0.3) is 5.69 Å². The van der Waals surface area contributed by atoms with Crippen LogP contribution >= 0.6 is 0 Å². The molecule has 0 fully saturated rings. The number of ether oxygens (including phenoxy) is 1. The second kappa shape index (κ2) is 6.21. The number of nitro benzene ring substituents is 1. The van der Waals surface area contributed by atoms with E-state index >= 15 is 0 Å². The predicted octanol–water partition coefficient (Wildman–Crippen LogP) is 2.44. The first-order valence-corrected chi connectivity index (χ1v) is 6.60. The summed E-state index contributed by atoms with van der Waals surface area (Å²) in [4.78, 5) is 37.4. The number of carbonyl (C=O) groups excluding carboxylic acids is 1. The molecule has 0 saturated heterocycles. The lowest BCUT2D eigenvalue weighted by Gasteiger charge is -2.08. The summed E-state index contributed by atoms with van der Waals surface area (Å²) in [5, 5.41) is 10.9. The molecule has 7 heteroatoms. The summed E-state index contributed by atoms with van der Waals surface area (Å²) in [6.45, 7) is 3.45. The van der Waals surface area contributed by atoms with E-state index in [0.717, 1.165) is 0 Å². The number of H-pyrrole nitrogens is 1. The van der Waals surface area contributed by atoms with E-state index < -0.39 is 16.3 Å². The van der Waals surface area contributed by atoms with Crippen molar-refractivity contribution >= 4 is 11.7 Å². The number of nitro groups is 1. The van der Waals surface area contributed by atoms with Gasteiger partial charge in [-0.15, -0.1) is 0 Å². The Morgan fingerprint density at radius 1 is 1.41 bits per heavy atom. The molecule has 0 aliphatic heterocycles. The normalized spacial score (nSPS) is 10.3. The van der Waals surface area contributed by atoms with E-state index in [9.17, 15) is 19.7 Å². The SMILES string of the molecule is CCOC(=O)c1c[nH]c(C)c(-c2cccc([N+](=O)[O-])c2)c1=O. The molecular formula is C15H14N2O5. The highest BCUT2D eigenvalue weighted by Crippen LogP contribution is 2.23. The molecule has 0 amide bonds. The van der Waals surface area contributed by atoms with E-state index in [1.165, 1.54) is 24.4 Å². The fourth-order valence-electron chi connectivity index (χ4n) is 2.11. The minimum absolute atomic E-state index is 0.127. The molecule has 1 N–H and O–H groups in total. The van der Waals surface area contributed by atoms with Crippen LogP contribution < -0.4 is 5.43 Å². The summed E-state index contributed by atoms with van der Waals surface area (Å²) in [5.74, 6) is -0.726. The quantitative estimate of drug-likeness (QED) is 0.531. The lowest BCUT2D eigenvalue weighted by molar-refractivity contribution is -0.384. The fraction of sp³-hybridized carbons (Fsp3) is 0.200. The van der Waals surface area contributed by atoms with Crippen LogP contribution in [0.2, 0.25) is 0 Å². The Morgan fingerprint density at radius 2 is 2.14 bits per heavy atom.